The molecule has 0 spiro atoms. The Bertz CT molecular complexity index is 1330. The molecule has 0 aliphatic carbocycles. The van der Waals surface area contributed by atoms with E-state index in [1.54, 1.807) is 62.4 Å². The Labute approximate surface area is 202 Å². The van der Waals surface area contributed by atoms with E-state index in [0.29, 0.717) is 22.4 Å². The van der Waals surface area contributed by atoms with E-state index in [2.05, 4.69) is 10.3 Å². The number of pyridine rings is 1. The Morgan fingerprint density at radius 1 is 1.00 bits per heavy atom. The highest BCUT2D eigenvalue weighted by Gasteiger charge is 2.18. The van der Waals surface area contributed by atoms with Gasteiger partial charge in [0.15, 0.2) is 0 Å². The number of nitrogens with zero attached hydrogens (tertiary/aromatic N) is 1. The van der Waals surface area contributed by atoms with Gasteiger partial charge in [-0.25, -0.2) is 13.8 Å². The number of nitrogens with one attached hydrogen (secondary N) is 1. The summed E-state index contributed by atoms with van der Waals surface area (Å²) in [6.45, 7) is 3.45. The van der Waals surface area contributed by atoms with Crippen molar-refractivity contribution in [1.29, 1.82) is 0 Å². The Morgan fingerprint density at radius 2 is 1.71 bits per heavy atom. The first-order valence-electron chi connectivity index (χ1n) is 11.0. The molecular weight excluding hydrogens is 450 g/mol. The van der Waals surface area contributed by atoms with Crippen LogP contribution in [0.5, 0.6) is 11.6 Å². The molecule has 35 heavy (non-hydrogen) atoms. The van der Waals surface area contributed by atoms with Gasteiger partial charge < -0.3 is 15.2 Å². The largest absolute Gasteiger partial charge is 0.438 e. The van der Waals surface area contributed by atoms with Crippen molar-refractivity contribution in [2.24, 2.45) is 0 Å². The third kappa shape index (κ3) is 5.88. The lowest BCUT2D eigenvalue weighted by atomic mass is 9.95. The van der Waals surface area contributed by atoms with E-state index in [0.717, 1.165) is 5.56 Å². The summed E-state index contributed by atoms with van der Waals surface area (Å²) >= 11 is 0. The molecule has 0 saturated carbocycles. The lowest BCUT2D eigenvalue weighted by Gasteiger charge is -2.18. The van der Waals surface area contributed by atoms with Gasteiger partial charge >= 0.3 is 0 Å². The van der Waals surface area contributed by atoms with Gasteiger partial charge in [-0.15, -0.1) is 0 Å². The van der Waals surface area contributed by atoms with Crippen LogP contribution in [0.1, 0.15) is 35.3 Å². The van der Waals surface area contributed by atoms with Crippen molar-refractivity contribution in [3.8, 4) is 22.8 Å². The molecule has 1 aromatic heterocycles. The van der Waals surface area contributed by atoms with Gasteiger partial charge in [0.1, 0.15) is 22.9 Å². The zero-order valence-electron chi connectivity index (χ0n) is 19.3. The maximum atomic E-state index is 14.6. The molecule has 0 saturated heterocycles. The van der Waals surface area contributed by atoms with Crippen LogP contribution in [0.2, 0.25) is 0 Å². The van der Waals surface area contributed by atoms with Gasteiger partial charge in [0.05, 0.1) is 5.60 Å². The Balaban J connectivity index is 1.43. The van der Waals surface area contributed by atoms with Crippen LogP contribution in [0.25, 0.3) is 11.1 Å². The minimum Gasteiger partial charge on any atom is -0.438 e. The van der Waals surface area contributed by atoms with Crippen molar-refractivity contribution in [3.63, 3.8) is 0 Å². The van der Waals surface area contributed by atoms with Crippen LogP contribution in [0, 0.1) is 11.6 Å². The highest BCUT2D eigenvalue weighted by atomic mass is 19.1. The maximum absolute atomic E-state index is 14.6. The molecule has 0 radical (unpaired) electrons. The number of benzene rings is 3. The Hall–Kier alpha value is -4.10. The molecule has 0 bridgehead atoms. The van der Waals surface area contributed by atoms with Crippen LogP contribution in [0.15, 0.2) is 85.1 Å². The monoisotopic (exact) mass is 474 g/mol. The summed E-state index contributed by atoms with van der Waals surface area (Å²) in [6, 6.07) is 20.5. The predicted molar refractivity (Wildman–Crippen MR) is 129 cm³/mol. The molecule has 1 heterocycles. The number of aliphatic hydroxyl groups is 1. The summed E-state index contributed by atoms with van der Waals surface area (Å²) in [5, 5.41) is 12.9. The fourth-order valence-corrected chi connectivity index (χ4v) is 3.47. The van der Waals surface area contributed by atoms with E-state index in [9.17, 15) is 18.7 Å². The van der Waals surface area contributed by atoms with Crippen molar-refractivity contribution in [2.45, 2.75) is 26.0 Å². The van der Waals surface area contributed by atoms with Crippen LogP contribution >= 0.6 is 0 Å². The van der Waals surface area contributed by atoms with Gasteiger partial charge in [-0.05, 0) is 73.0 Å². The summed E-state index contributed by atoms with van der Waals surface area (Å²) in [4.78, 5) is 16.9. The van der Waals surface area contributed by atoms with E-state index >= 15 is 0 Å². The van der Waals surface area contributed by atoms with Crippen molar-refractivity contribution in [3.05, 3.63) is 113 Å². The molecule has 5 nitrogen and oxygen atoms in total. The molecule has 0 fully saturated rings. The predicted octanol–water partition coefficient (Wildman–Crippen LogP) is 5.98. The molecule has 4 rings (SSSR count). The Kier molecular flexibility index (Phi) is 6.89. The summed E-state index contributed by atoms with van der Waals surface area (Å²) in [6.07, 6.45) is 1.50. The van der Waals surface area contributed by atoms with E-state index in [1.807, 2.05) is 0 Å². The second-order valence-electron chi connectivity index (χ2n) is 8.55. The highest BCUT2D eigenvalue weighted by molar-refractivity contribution is 5.96. The smallest absolute Gasteiger partial charge is 0.257 e. The lowest BCUT2D eigenvalue weighted by molar-refractivity contribution is 0.0782. The van der Waals surface area contributed by atoms with E-state index < -0.39 is 17.2 Å². The molecule has 0 aliphatic rings. The number of carbonyl (C=O) groups is 1. The average molecular weight is 475 g/mol. The third-order valence-electron chi connectivity index (χ3n) is 5.44. The minimum atomic E-state index is -1.13. The normalized spacial score (nSPS) is 11.2. The maximum Gasteiger partial charge on any atom is 0.257 e. The minimum absolute atomic E-state index is 0.108. The first-order valence-corrected chi connectivity index (χ1v) is 11.0. The molecule has 178 valence electrons. The number of ether oxygens (including phenoxy) is 1. The van der Waals surface area contributed by atoms with Gasteiger partial charge in [-0.1, -0.05) is 36.4 Å². The van der Waals surface area contributed by atoms with Gasteiger partial charge in [-0.2, -0.15) is 0 Å². The second-order valence-corrected chi connectivity index (χ2v) is 8.55. The first kappa shape index (κ1) is 24.0. The number of carbonyl (C=O) groups excluding carboxylic acids is 1. The van der Waals surface area contributed by atoms with Crippen molar-refractivity contribution >= 4 is 5.91 Å². The molecule has 2 N–H and O–H groups in total. The molecule has 7 heteroatoms. The SMILES string of the molecule is CC(C)(O)c1ccc(-c2ccc(CNC(=O)c3cccnc3Oc3ccc(F)cc3)cc2)c(F)c1. The third-order valence-corrected chi connectivity index (χ3v) is 5.44. The number of hydrogen-bond donors (Lipinski definition) is 2. The van der Waals surface area contributed by atoms with Crippen molar-refractivity contribution < 1.29 is 23.4 Å². The van der Waals surface area contributed by atoms with Crippen molar-refractivity contribution in [2.75, 3.05) is 0 Å². The lowest BCUT2D eigenvalue weighted by Crippen LogP contribution is -2.23. The van der Waals surface area contributed by atoms with E-state index in [4.69, 9.17) is 4.74 Å². The average Bonchev–Trinajstić information content (AvgIpc) is 2.84. The summed E-state index contributed by atoms with van der Waals surface area (Å²) < 4.78 is 33.4. The fourth-order valence-electron chi connectivity index (χ4n) is 3.47. The van der Waals surface area contributed by atoms with Gasteiger partial charge in [0.25, 0.3) is 5.91 Å². The molecule has 0 aliphatic heterocycles. The second kappa shape index (κ2) is 10.0. The van der Waals surface area contributed by atoms with Crippen LogP contribution in [-0.4, -0.2) is 16.0 Å². The van der Waals surface area contributed by atoms with E-state index in [-0.39, 0.29) is 23.9 Å². The zero-order chi connectivity index (χ0) is 25.0. The van der Waals surface area contributed by atoms with Gasteiger partial charge in [0, 0.05) is 18.3 Å². The quantitative estimate of drug-likeness (QED) is 0.346. The summed E-state index contributed by atoms with van der Waals surface area (Å²) in [5.41, 5.74) is 1.53. The number of aromatic nitrogens is 1. The summed E-state index contributed by atoms with van der Waals surface area (Å²) in [7, 11) is 0. The highest BCUT2D eigenvalue weighted by Crippen LogP contribution is 2.28. The molecular formula is C28H24F2N2O3. The summed E-state index contributed by atoms with van der Waals surface area (Å²) in [5.74, 6) is -0.728. The number of hydrogen-bond acceptors (Lipinski definition) is 4. The van der Waals surface area contributed by atoms with Crippen LogP contribution < -0.4 is 10.1 Å². The van der Waals surface area contributed by atoms with Gasteiger partial charge in [-0.3, -0.25) is 4.79 Å². The van der Waals surface area contributed by atoms with Crippen LogP contribution in [0.3, 0.4) is 0 Å². The standard InChI is InChI=1S/C28H24F2N2O3/c1-28(2,34)20-9-14-23(25(30)16-20)19-7-5-18(6-8-19)17-32-26(33)24-4-3-15-31-27(24)35-22-12-10-21(29)11-13-22/h3-16,34H,17H2,1-2H3,(H,32,33). The fraction of sp³-hybridized carbons (Fsp3) is 0.143. The first-order chi connectivity index (χ1) is 16.7. The number of rotatable bonds is 7. The number of amides is 1. The molecule has 3 aromatic carbocycles. The number of halogens is 2. The Morgan fingerprint density at radius 3 is 2.37 bits per heavy atom. The van der Waals surface area contributed by atoms with Crippen LogP contribution in [-0.2, 0) is 12.1 Å². The molecule has 1 amide bonds. The molecule has 0 atom stereocenters. The van der Waals surface area contributed by atoms with Crippen molar-refractivity contribution in [1.82, 2.24) is 10.3 Å². The van der Waals surface area contributed by atoms with Gasteiger partial charge in [0.2, 0.25) is 5.88 Å². The molecule has 4 aromatic rings. The topological polar surface area (TPSA) is 71.5 Å². The van der Waals surface area contributed by atoms with E-state index in [1.165, 1.54) is 36.5 Å². The zero-order valence-corrected chi connectivity index (χ0v) is 19.3. The molecule has 0 unspecified atom stereocenters. The van der Waals surface area contributed by atoms with Crippen LogP contribution in [0.4, 0.5) is 8.78 Å².